The van der Waals surface area contributed by atoms with Crippen LogP contribution in [0.1, 0.15) is 35.8 Å². The summed E-state index contributed by atoms with van der Waals surface area (Å²) < 4.78 is 5.62. The monoisotopic (exact) mass is 273 g/mol. The number of nitrogens with zero attached hydrogens (tertiary/aromatic N) is 1. The fourth-order valence-electron chi connectivity index (χ4n) is 2.09. The lowest BCUT2D eigenvalue weighted by Gasteiger charge is -2.23. The average molecular weight is 273 g/mol. The molecular weight excluding hydrogens is 254 g/mol. The summed E-state index contributed by atoms with van der Waals surface area (Å²) in [7, 11) is 0. The van der Waals surface area contributed by atoms with Gasteiger partial charge in [0.2, 0.25) is 0 Å². The van der Waals surface area contributed by atoms with Crippen LogP contribution in [0, 0.1) is 11.8 Å². The molecule has 1 unspecified atom stereocenters. The largest absolute Gasteiger partial charge is 0.373 e. The minimum atomic E-state index is -0.248. The molecule has 20 heavy (non-hydrogen) atoms. The SMILES string of the molecule is CC1(CNC(=O)c2ccc(C#CCN)cn2)CCCO1. The van der Waals surface area contributed by atoms with Crippen LogP contribution in [0.4, 0.5) is 0 Å². The van der Waals surface area contributed by atoms with Crippen LogP contribution in [0.3, 0.4) is 0 Å². The van der Waals surface area contributed by atoms with E-state index < -0.39 is 0 Å². The number of aromatic nitrogens is 1. The molecule has 1 aromatic heterocycles. The van der Waals surface area contributed by atoms with Gasteiger partial charge in [-0.3, -0.25) is 4.79 Å². The molecule has 3 N–H and O–H groups in total. The third-order valence-electron chi connectivity index (χ3n) is 3.25. The van der Waals surface area contributed by atoms with Crippen LogP contribution in [-0.2, 0) is 4.74 Å². The first-order valence-corrected chi connectivity index (χ1v) is 6.70. The van der Waals surface area contributed by atoms with E-state index >= 15 is 0 Å². The Morgan fingerprint density at radius 2 is 2.45 bits per heavy atom. The predicted molar refractivity (Wildman–Crippen MR) is 76.1 cm³/mol. The van der Waals surface area contributed by atoms with E-state index in [-0.39, 0.29) is 11.5 Å². The number of ether oxygens (including phenoxy) is 1. The van der Waals surface area contributed by atoms with Gasteiger partial charge in [-0.2, -0.15) is 0 Å². The summed E-state index contributed by atoms with van der Waals surface area (Å²) in [5.74, 6) is 5.41. The molecule has 1 fully saturated rings. The molecule has 2 heterocycles. The number of pyridine rings is 1. The highest BCUT2D eigenvalue weighted by Crippen LogP contribution is 2.23. The molecule has 1 aromatic rings. The van der Waals surface area contributed by atoms with Crippen LogP contribution < -0.4 is 11.1 Å². The quantitative estimate of drug-likeness (QED) is 0.794. The van der Waals surface area contributed by atoms with E-state index in [1.54, 1.807) is 18.3 Å². The Morgan fingerprint density at radius 1 is 1.60 bits per heavy atom. The molecule has 0 aromatic carbocycles. The minimum absolute atomic E-state index is 0.194. The van der Waals surface area contributed by atoms with Gasteiger partial charge in [-0.05, 0) is 31.9 Å². The van der Waals surface area contributed by atoms with Gasteiger partial charge in [0.15, 0.2) is 0 Å². The summed E-state index contributed by atoms with van der Waals surface area (Å²) in [4.78, 5) is 16.1. The molecule has 2 rings (SSSR count). The van der Waals surface area contributed by atoms with Crippen LogP contribution in [0.25, 0.3) is 0 Å². The van der Waals surface area contributed by atoms with Crippen molar-refractivity contribution in [1.82, 2.24) is 10.3 Å². The summed E-state index contributed by atoms with van der Waals surface area (Å²) in [6, 6.07) is 3.42. The fourth-order valence-corrected chi connectivity index (χ4v) is 2.09. The van der Waals surface area contributed by atoms with Crippen molar-refractivity contribution in [3.8, 4) is 11.8 Å². The number of rotatable bonds is 3. The highest BCUT2D eigenvalue weighted by molar-refractivity contribution is 5.92. The minimum Gasteiger partial charge on any atom is -0.373 e. The number of hydrogen-bond acceptors (Lipinski definition) is 4. The maximum Gasteiger partial charge on any atom is 0.269 e. The predicted octanol–water partition coefficient (Wildman–Crippen LogP) is 0.691. The molecule has 5 nitrogen and oxygen atoms in total. The first kappa shape index (κ1) is 14.5. The summed E-state index contributed by atoms with van der Waals surface area (Å²) in [5.41, 5.74) is 6.18. The molecule has 1 amide bonds. The van der Waals surface area contributed by atoms with Gasteiger partial charge in [0.25, 0.3) is 5.91 Å². The van der Waals surface area contributed by atoms with Crippen molar-refractivity contribution in [2.45, 2.75) is 25.4 Å². The van der Waals surface area contributed by atoms with Crippen LogP contribution in [0.2, 0.25) is 0 Å². The van der Waals surface area contributed by atoms with E-state index in [2.05, 4.69) is 22.1 Å². The fraction of sp³-hybridized carbons (Fsp3) is 0.467. The standard InChI is InChI=1S/C15H19N3O2/c1-15(7-3-9-20-15)11-18-14(19)13-6-5-12(10-17-13)4-2-8-16/h5-6,10H,3,7-9,11,16H2,1H3,(H,18,19). The smallest absolute Gasteiger partial charge is 0.269 e. The van der Waals surface area contributed by atoms with E-state index in [0.717, 1.165) is 25.0 Å². The molecular formula is C15H19N3O2. The van der Waals surface area contributed by atoms with Crippen molar-refractivity contribution in [2.24, 2.45) is 5.73 Å². The highest BCUT2D eigenvalue weighted by Gasteiger charge is 2.30. The number of nitrogens with two attached hydrogens (primary N) is 1. The Morgan fingerprint density at radius 3 is 3.05 bits per heavy atom. The maximum atomic E-state index is 12.0. The molecule has 1 atom stereocenters. The topological polar surface area (TPSA) is 77.2 Å². The third kappa shape index (κ3) is 3.80. The Bertz CT molecular complexity index is 522. The summed E-state index contributed by atoms with van der Waals surface area (Å²) >= 11 is 0. The van der Waals surface area contributed by atoms with Crippen molar-refractivity contribution < 1.29 is 9.53 Å². The van der Waals surface area contributed by atoms with Crippen LogP contribution in [0.5, 0.6) is 0 Å². The van der Waals surface area contributed by atoms with Gasteiger partial charge < -0.3 is 15.8 Å². The van der Waals surface area contributed by atoms with Crippen LogP contribution >= 0.6 is 0 Å². The number of nitrogens with one attached hydrogen (secondary N) is 1. The molecule has 1 saturated heterocycles. The van der Waals surface area contributed by atoms with Gasteiger partial charge in [0.1, 0.15) is 5.69 Å². The van der Waals surface area contributed by atoms with Gasteiger partial charge in [0.05, 0.1) is 12.1 Å². The normalized spacial score (nSPS) is 21.1. The Hall–Kier alpha value is -1.90. The van der Waals surface area contributed by atoms with E-state index in [0.29, 0.717) is 18.8 Å². The first-order chi connectivity index (χ1) is 9.63. The molecule has 5 heteroatoms. The van der Waals surface area contributed by atoms with E-state index in [9.17, 15) is 4.79 Å². The van der Waals surface area contributed by atoms with Crippen molar-refractivity contribution in [3.05, 3.63) is 29.6 Å². The zero-order valence-corrected chi connectivity index (χ0v) is 11.6. The number of hydrogen-bond donors (Lipinski definition) is 2. The maximum absolute atomic E-state index is 12.0. The zero-order valence-electron chi connectivity index (χ0n) is 11.6. The Balaban J connectivity index is 1.92. The molecule has 1 aliphatic rings. The lowest BCUT2D eigenvalue weighted by Crippen LogP contribution is -2.40. The van der Waals surface area contributed by atoms with E-state index in [1.165, 1.54) is 0 Å². The van der Waals surface area contributed by atoms with Gasteiger partial charge in [-0.1, -0.05) is 11.8 Å². The van der Waals surface area contributed by atoms with E-state index in [4.69, 9.17) is 10.5 Å². The van der Waals surface area contributed by atoms with Gasteiger partial charge in [-0.15, -0.1) is 0 Å². The van der Waals surface area contributed by atoms with Crippen LogP contribution in [-0.4, -0.2) is 36.2 Å². The second kappa shape index (κ2) is 6.51. The van der Waals surface area contributed by atoms with Crippen molar-refractivity contribution >= 4 is 5.91 Å². The summed E-state index contributed by atoms with van der Waals surface area (Å²) in [6.07, 6.45) is 3.58. The third-order valence-corrected chi connectivity index (χ3v) is 3.25. The molecule has 0 spiro atoms. The molecule has 1 aliphatic heterocycles. The lowest BCUT2D eigenvalue weighted by molar-refractivity contribution is 0.0205. The van der Waals surface area contributed by atoms with Gasteiger partial charge in [0, 0.05) is 24.9 Å². The molecule has 0 radical (unpaired) electrons. The zero-order chi connectivity index (χ0) is 14.4. The van der Waals surface area contributed by atoms with Crippen molar-refractivity contribution in [2.75, 3.05) is 19.7 Å². The lowest BCUT2D eigenvalue weighted by atomic mass is 10.0. The Labute approximate surface area is 118 Å². The van der Waals surface area contributed by atoms with Crippen LogP contribution in [0.15, 0.2) is 18.3 Å². The van der Waals surface area contributed by atoms with Gasteiger partial charge >= 0.3 is 0 Å². The average Bonchev–Trinajstić information content (AvgIpc) is 2.90. The molecule has 106 valence electrons. The molecule has 0 bridgehead atoms. The second-order valence-corrected chi connectivity index (χ2v) is 5.02. The number of amides is 1. The number of carbonyl (C=O) groups excluding carboxylic acids is 1. The molecule has 0 aliphatic carbocycles. The Kier molecular flexibility index (Phi) is 4.72. The van der Waals surface area contributed by atoms with Gasteiger partial charge in [-0.25, -0.2) is 4.98 Å². The molecule has 0 saturated carbocycles. The first-order valence-electron chi connectivity index (χ1n) is 6.70. The van der Waals surface area contributed by atoms with Crippen molar-refractivity contribution in [3.63, 3.8) is 0 Å². The highest BCUT2D eigenvalue weighted by atomic mass is 16.5. The summed E-state index contributed by atoms with van der Waals surface area (Å²) in [5, 5.41) is 2.86. The van der Waals surface area contributed by atoms with E-state index in [1.807, 2.05) is 6.92 Å². The number of carbonyl (C=O) groups is 1. The van der Waals surface area contributed by atoms with Crippen molar-refractivity contribution in [1.29, 1.82) is 0 Å². The summed E-state index contributed by atoms with van der Waals surface area (Å²) in [6.45, 7) is 3.58. The second-order valence-electron chi connectivity index (χ2n) is 5.02.